The Hall–Kier alpha value is -4.33. The Morgan fingerprint density at radius 2 is 1.53 bits per heavy atom. The number of hydrogen-bond acceptors (Lipinski definition) is 10. The van der Waals surface area contributed by atoms with Gasteiger partial charge >= 0.3 is 11.4 Å². The number of nitrogens with zero attached hydrogens (tertiary/aromatic N) is 4. The number of nitro benzene ring substituents is 3. The van der Waals surface area contributed by atoms with Gasteiger partial charge in [0.15, 0.2) is 0 Å². The van der Waals surface area contributed by atoms with Gasteiger partial charge in [-0.3, -0.25) is 35.1 Å². The molecule has 0 unspecified atom stereocenters. The SMILES string of the molecule is COc1c([N+](=O)[O-])cc(NC(=O)c2ccc(N3CCOCC3)c([N+](=O)[O-])c2)cc1[N+](=O)[O-]. The molecule has 0 saturated carbocycles. The van der Waals surface area contributed by atoms with Crippen molar-refractivity contribution >= 4 is 34.3 Å². The van der Waals surface area contributed by atoms with Crippen molar-refractivity contribution in [2.24, 2.45) is 0 Å². The first kappa shape index (κ1) is 22.4. The first-order valence-corrected chi connectivity index (χ1v) is 9.16. The van der Waals surface area contributed by atoms with Crippen LogP contribution in [0.2, 0.25) is 0 Å². The Kier molecular flexibility index (Phi) is 6.44. The van der Waals surface area contributed by atoms with Crippen LogP contribution >= 0.6 is 0 Å². The lowest BCUT2D eigenvalue weighted by Gasteiger charge is -2.28. The molecule has 32 heavy (non-hydrogen) atoms. The van der Waals surface area contributed by atoms with E-state index in [0.29, 0.717) is 32.0 Å². The summed E-state index contributed by atoms with van der Waals surface area (Å²) >= 11 is 0. The van der Waals surface area contributed by atoms with Crippen molar-refractivity contribution < 1.29 is 29.0 Å². The second kappa shape index (κ2) is 9.22. The van der Waals surface area contributed by atoms with Gasteiger partial charge in [0.05, 0.1) is 40.8 Å². The lowest BCUT2D eigenvalue weighted by Crippen LogP contribution is -2.36. The molecule has 2 aromatic rings. The average Bonchev–Trinajstić information content (AvgIpc) is 2.78. The van der Waals surface area contributed by atoms with E-state index in [-0.39, 0.29) is 16.9 Å². The molecule has 1 N–H and O–H groups in total. The number of nitro groups is 3. The van der Waals surface area contributed by atoms with E-state index in [1.54, 1.807) is 4.90 Å². The smallest absolute Gasteiger partial charge is 0.320 e. The van der Waals surface area contributed by atoms with E-state index in [2.05, 4.69) is 5.32 Å². The summed E-state index contributed by atoms with van der Waals surface area (Å²) in [6, 6.07) is 5.67. The van der Waals surface area contributed by atoms with E-state index in [1.807, 2.05) is 0 Å². The maximum atomic E-state index is 12.7. The molecule has 1 saturated heterocycles. The van der Waals surface area contributed by atoms with E-state index < -0.39 is 37.8 Å². The molecule has 14 heteroatoms. The van der Waals surface area contributed by atoms with Crippen molar-refractivity contribution in [3.8, 4) is 5.75 Å². The number of benzene rings is 2. The predicted molar refractivity (Wildman–Crippen MR) is 110 cm³/mol. The quantitative estimate of drug-likeness (QED) is 0.489. The van der Waals surface area contributed by atoms with Crippen molar-refractivity contribution in [1.82, 2.24) is 0 Å². The van der Waals surface area contributed by atoms with E-state index in [9.17, 15) is 35.1 Å². The normalized spacial score (nSPS) is 13.3. The zero-order valence-corrected chi connectivity index (χ0v) is 16.7. The summed E-state index contributed by atoms with van der Waals surface area (Å²) in [7, 11) is 1.04. The lowest BCUT2D eigenvalue weighted by atomic mass is 10.1. The number of carbonyl (C=O) groups is 1. The maximum Gasteiger partial charge on any atom is 0.320 e. The zero-order chi connectivity index (χ0) is 23.4. The summed E-state index contributed by atoms with van der Waals surface area (Å²) in [4.78, 5) is 46.1. The number of hydrogen-bond donors (Lipinski definition) is 1. The van der Waals surface area contributed by atoms with Crippen molar-refractivity contribution in [3.05, 3.63) is 66.2 Å². The van der Waals surface area contributed by atoms with Gasteiger partial charge in [0.1, 0.15) is 5.69 Å². The molecular formula is C18H17N5O9. The van der Waals surface area contributed by atoms with Gasteiger partial charge in [0.2, 0.25) is 0 Å². The van der Waals surface area contributed by atoms with Gasteiger partial charge in [-0.15, -0.1) is 0 Å². The monoisotopic (exact) mass is 447 g/mol. The van der Waals surface area contributed by atoms with Gasteiger partial charge in [-0.2, -0.15) is 0 Å². The molecule has 2 aromatic carbocycles. The first-order chi connectivity index (χ1) is 15.2. The highest BCUT2D eigenvalue weighted by molar-refractivity contribution is 6.05. The van der Waals surface area contributed by atoms with Crippen LogP contribution in [0.25, 0.3) is 0 Å². The second-order valence-corrected chi connectivity index (χ2v) is 6.58. The summed E-state index contributed by atoms with van der Waals surface area (Å²) < 4.78 is 10.0. The van der Waals surface area contributed by atoms with Gasteiger partial charge in [-0.1, -0.05) is 0 Å². The number of rotatable bonds is 7. The van der Waals surface area contributed by atoms with Crippen LogP contribution < -0.4 is 15.0 Å². The summed E-state index contributed by atoms with van der Waals surface area (Å²) in [6.07, 6.45) is 0. The fourth-order valence-corrected chi connectivity index (χ4v) is 3.24. The third-order valence-electron chi connectivity index (χ3n) is 4.69. The summed E-state index contributed by atoms with van der Waals surface area (Å²) in [5.41, 5.74) is -1.75. The van der Waals surface area contributed by atoms with Gasteiger partial charge < -0.3 is 19.7 Å². The van der Waals surface area contributed by atoms with Crippen molar-refractivity contribution in [2.45, 2.75) is 0 Å². The number of morpholine rings is 1. The Bertz CT molecular complexity index is 1060. The van der Waals surface area contributed by atoms with Crippen molar-refractivity contribution in [2.75, 3.05) is 43.6 Å². The van der Waals surface area contributed by atoms with Crippen LogP contribution in [0, 0.1) is 30.3 Å². The van der Waals surface area contributed by atoms with Crippen LogP contribution in [0.15, 0.2) is 30.3 Å². The van der Waals surface area contributed by atoms with E-state index in [1.165, 1.54) is 12.1 Å². The molecule has 1 fully saturated rings. The van der Waals surface area contributed by atoms with Crippen molar-refractivity contribution in [3.63, 3.8) is 0 Å². The molecule has 14 nitrogen and oxygen atoms in total. The number of amides is 1. The topological polar surface area (TPSA) is 180 Å². The molecule has 0 spiro atoms. The Labute approximate surface area is 179 Å². The van der Waals surface area contributed by atoms with Crippen LogP contribution in [0.3, 0.4) is 0 Å². The van der Waals surface area contributed by atoms with E-state index in [0.717, 1.165) is 25.3 Å². The third kappa shape index (κ3) is 4.54. The van der Waals surface area contributed by atoms with Crippen molar-refractivity contribution in [1.29, 1.82) is 0 Å². The lowest BCUT2D eigenvalue weighted by molar-refractivity contribution is -0.395. The molecule has 0 radical (unpaired) electrons. The van der Waals surface area contributed by atoms with Crippen LogP contribution in [0.5, 0.6) is 5.75 Å². The fraction of sp³-hybridized carbons (Fsp3) is 0.278. The van der Waals surface area contributed by atoms with Gasteiger partial charge in [0, 0.05) is 36.9 Å². The summed E-state index contributed by atoms with van der Waals surface area (Å²) in [5.74, 6) is -1.40. The first-order valence-electron chi connectivity index (χ1n) is 9.16. The molecule has 0 bridgehead atoms. The highest BCUT2D eigenvalue weighted by Gasteiger charge is 2.29. The minimum Gasteiger partial charge on any atom is -0.485 e. The second-order valence-electron chi connectivity index (χ2n) is 6.58. The zero-order valence-electron chi connectivity index (χ0n) is 16.7. The maximum absolute atomic E-state index is 12.7. The van der Waals surface area contributed by atoms with Crippen LogP contribution in [-0.2, 0) is 4.74 Å². The Morgan fingerprint density at radius 3 is 2.03 bits per heavy atom. The molecule has 1 aliphatic heterocycles. The standard InChI is InChI=1S/C18H17N5O9/c1-31-17-15(22(27)28)9-12(10-16(17)23(29)30)19-18(24)11-2-3-13(14(8-11)21(25)26)20-4-6-32-7-5-20/h2-3,8-10H,4-7H2,1H3,(H,19,24). The van der Waals surface area contributed by atoms with E-state index in [4.69, 9.17) is 9.47 Å². The molecule has 3 rings (SSSR count). The van der Waals surface area contributed by atoms with Crippen LogP contribution in [0.1, 0.15) is 10.4 Å². The highest BCUT2D eigenvalue weighted by atomic mass is 16.6. The van der Waals surface area contributed by atoms with Crippen LogP contribution in [-0.4, -0.2) is 54.1 Å². The molecule has 0 atom stereocenters. The minimum absolute atomic E-state index is 0.102. The molecule has 1 amide bonds. The van der Waals surface area contributed by atoms with E-state index >= 15 is 0 Å². The minimum atomic E-state index is -0.885. The highest BCUT2D eigenvalue weighted by Crippen LogP contribution is 2.39. The number of anilines is 2. The molecule has 1 heterocycles. The predicted octanol–water partition coefficient (Wildman–Crippen LogP) is 2.51. The largest absolute Gasteiger partial charge is 0.485 e. The number of ether oxygens (including phenoxy) is 2. The van der Waals surface area contributed by atoms with Crippen LogP contribution in [0.4, 0.5) is 28.4 Å². The van der Waals surface area contributed by atoms with Gasteiger partial charge in [0.25, 0.3) is 17.3 Å². The molecular weight excluding hydrogens is 430 g/mol. The summed E-state index contributed by atoms with van der Waals surface area (Å²) in [5, 5.41) is 36.4. The summed E-state index contributed by atoms with van der Waals surface area (Å²) in [6.45, 7) is 1.72. The van der Waals surface area contributed by atoms with Gasteiger partial charge in [-0.25, -0.2) is 0 Å². The molecule has 0 aromatic heterocycles. The Balaban J connectivity index is 1.95. The third-order valence-corrected chi connectivity index (χ3v) is 4.69. The fourth-order valence-electron chi connectivity index (χ4n) is 3.24. The Morgan fingerprint density at radius 1 is 0.969 bits per heavy atom. The number of nitrogens with one attached hydrogen (secondary N) is 1. The molecule has 0 aliphatic carbocycles. The van der Waals surface area contributed by atoms with Gasteiger partial charge in [-0.05, 0) is 12.1 Å². The molecule has 1 aliphatic rings. The average molecular weight is 447 g/mol. The number of carbonyl (C=O) groups excluding carboxylic acids is 1. The number of methoxy groups -OCH3 is 1. The molecule has 168 valence electrons.